The number of para-hydroxylation sites is 1. The predicted molar refractivity (Wildman–Crippen MR) is 84.3 cm³/mol. The monoisotopic (exact) mass is 308 g/mol. The molecule has 0 aliphatic carbocycles. The van der Waals surface area contributed by atoms with Gasteiger partial charge < -0.3 is 20.5 Å². The van der Waals surface area contributed by atoms with Crippen molar-refractivity contribution in [1.29, 1.82) is 0 Å². The number of esters is 1. The topological polar surface area (TPSA) is 90.6 Å². The van der Waals surface area contributed by atoms with Crippen molar-refractivity contribution < 1.29 is 19.1 Å². The molecule has 1 atom stereocenters. The van der Waals surface area contributed by atoms with E-state index in [1.54, 1.807) is 45.9 Å². The van der Waals surface area contributed by atoms with Crippen LogP contribution in [0, 0.1) is 0 Å². The minimum absolute atomic E-state index is 0.232. The normalized spacial score (nSPS) is 12.4. The van der Waals surface area contributed by atoms with Crippen LogP contribution < -0.4 is 11.1 Å². The molecule has 1 rings (SSSR count). The van der Waals surface area contributed by atoms with Crippen LogP contribution in [0.5, 0.6) is 0 Å². The van der Waals surface area contributed by atoms with E-state index in [9.17, 15) is 9.59 Å². The molecule has 6 nitrogen and oxygen atoms in total. The lowest BCUT2D eigenvalue weighted by Crippen LogP contribution is -2.45. The van der Waals surface area contributed by atoms with Gasteiger partial charge in [-0.25, -0.2) is 9.59 Å². The van der Waals surface area contributed by atoms with Crippen LogP contribution in [0.25, 0.3) is 0 Å². The molecule has 0 radical (unpaired) electrons. The molecular formula is C16H24N2O4. The summed E-state index contributed by atoms with van der Waals surface area (Å²) in [5.74, 6) is -0.517. The lowest BCUT2D eigenvalue weighted by atomic mass is 10.0. The maximum absolute atomic E-state index is 12.0. The molecule has 0 aliphatic heterocycles. The molecule has 0 saturated heterocycles. The Kier molecular flexibility index (Phi) is 6.22. The summed E-state index contributed by atoms with van der Waals surface area (Å²) in [5, 5.41) is 2.54. The van der Waals surface area contributed by atoms with Crippen LogP contribution in [0.4, 0.5) is 10.5 Å². The highest BCUT2D eigenvalue weighted by Crippen LogP contribution is 2.14. The largest absolute Gasteiger partial charge is 0.464 e. The number of nitrogens with two attached hydrogens (primary N) is 1. The molecule has 0 spiro atoms. The molecule has 0 bridgehead atoms. The van der Waals surface area contributed by atoms with Crippen molar-refractivity contribution in [1.82, 2.24) is 5.32 Å². The molecule has 3 N–H and O–H groups in total. The number of carbonyl (C=O) groups is 2. The Labute approximate surface area is 131 Å². The minimum atomic E-state index is -0.848. The van der Waals surface area contributed by atoms with Crippen LogP contribution in [0.15, 0.2) is 24.3 Å². The van der Waals surface area contributed by atoms with E-state index in [4.69, 9.17) is 15.2 Å². The molecule has 22 heavy (non-hydrogen) atoms. The number of rotatable bonds is 5. The van der Waals surface area contributed by atoms with Crippen LogP contribution in [-0.4, -0.2) is 30.3 Å². The summed E-state index contributed by atoms with van der Waals surface area (Å²) in [5.41, 5.74) is 6.55. The van der Waals surface area contributed by atoms with Crippen molar-refractivity contribution in [2.24, 2.45) is 0 Å². The van der Waals surface area contributed by atoms with Gasteiger partial charge in [-0.3, -0.25) is 0 Å². The van der Waals surface area contributed by atoms with Gasteiger partial charge in [-0.15, -0.1) is 0 Å². The first-order valence-electron chi connectivity index (χ1n) is 7.22. The van der Waals surface area contributed by atoms with Crippen molar-refractivity contribution in [3.63, 3.8) is 0 Å². The average molecular weight is 308 g/mol. The molecule has 0 heterocycles. The van der Waals surface area contributed by atoms with Crippen molar-refractivity contribution in [2.75, 3.05) is 12.3 Å². The van der Waals surface area contributed by atoms with Crippen molar-refractivity contribution in [3.05, 3.63) is 29.8 Å². The summed E-state index contributed by atoms with van der Waals surface area (Å²) < 4.78 is 10.2. The summed E-state index contributed by atoms with van der Waals surface area (Å²) in [6, 6.07) is 6.32. The second kappa shape index (κ2) is 7.68. The number of hydrogen-bond donors (Lipinski definition) is 2. The van der Waals surface area contributed by atoms with Gasteiger partial charge in [0.05, 0.1) is 6.61 Å². The fraction of sp³-hybridized carbons (Fsp3) is 0.500. The van der Waals surface area contributed by atoms with Crippen LogP contribution in [-0.2, 0) is 20.7 Å². The van der Waals surface area contributed by atoms with E-state index < -0.39 is 23.7 Å². The number of carbonyl (C=O) groups excluding carboxylic acids is 2. The average Bonchev–Trinajstić information content (AvgIpc) is 2.38. The molecule has 0 aromatic heterocycles. The number of benzene rings is 1. The van der Waals surface area contributed by atoms with Crippen molar-refractivity contribution in [2.45, 2.75) is 45.8 Å². The molecule has 1 unspecified atom stereocenters. The fourth-order valence-electron chi connectivity index (χ4n) is 1.83. The molecule has 1 aromatic carbocycles. The van der Waals surface area contributed by atoms with E-state index in [1.807, 2.05) is 6.07 Å². The molecule has 1 aromatic rings. The maximum atomic E-state index is 12.0. The standard InChI is InChI=1S/C16H24N2O4/c1-5-21-14(19)13(18-15(20)22-16(2,3)4)10-11-8-6-7-9-12(11)17/h6-9,13H,5,10,17H2,1-4H3,(H,18,20). The van der Waals surface area contributed by atoms with E-state index >= 15 is 0 Å². The quantitative estimate of drug-likeness (QED) is 0.643. The Morgan fingerprint density at radius 2 is 1.91 bits per heavy atom. The third-order valence-corrected chi connectivity index (χ3v) is 2.74. The highest BCUT2D eigenvalue weighted by molar-refractivity contribution is 5.82. The highest BCUT2D eigenvalue weighted by Gasteiger charge is 2.26. The first-order valence-corrected chi connectivity index (χ1v) is 7.22. The van der Waals surface area contributed by atoms with Gasteiger partial charge in [0.1, 0.15) is 11.6 Å². The van der Waals surface area contributed by atoms with Gasteiger partial charge in [-0.1, -0.05) is 18.2 Å². The Morgan fingerprint density at radius 1 is 1.27 bits per heavy atom. The van der Waals surface area contributed by atoms with Crippen LogP contribution in [0.2, 0.25) is 0 Å². The van der Waals surface area contributed by atoms with Gasteiger partial charge in [-0.05, 0) is 39.3 Å². The summed E-state index contributed by atoms with van der Waals surface area (Å²) in [6.07, 6.45) is -0.426. The summed E-state index contributed by atoms with van der Waals surface area (Å²) in [4.78, 5) is 23.9. The van der Waals surface area contributed by atoms with Crippen molar-refractivity contribution in [3.8, 4) is 0 Å². The van der Waals surface area contributed by atoms with Crippen LogP contribution in [0.1, 0.15) is 33.3 Å². The SMILES string of the molecule is CCOC(=O)C(Cc1ccccc1N)NC(=O)OC(C)(C)C. The van der Waals surface area contributed by atoms with E-state index in [0.29, 0.717) is 5.69 Å². The molecular weight excluding hydrogens is 284 g/mol. The molecule has 122 valence electrons. The third kappa shape index (κ3) is 6.03. The number of ether oxygens (including phenoxy) is 2. The summed E-state index contributed by atoms with van der Waals surface area (Å²) >= 11 is 0. The zero-order valence-corrected chi connectivity index (χ0v) is 13.5. The fourth-order valence-corrected chi connectivity index (χ4v) is 1.83. The summed E-state index contributed by atoms with van der Waals surface area (Å²) in [7, 11) is 0. The molecule has 0 aliphatic rings. The number of hydrogen-bond acceptors (Lipinski definition) is 5. The lowest BCUT2D eigenvalue weighted by molar-refractivity contribution is -0.145. The zero-order valence-electron chi connectivity index (χ0n) is 13.5. The highest BCUT2D eigenvalue weighted by atomic mass is 16.6. The molecule has 0 saturated carbocycles. The van der Waals surface area contributed by atoms with E-state index in [0.717, 1.165) is 5.56 Å². The van der Waals surface area contributed by atoms with Crippen molar-refractivity contribution >= 4 is 17.7 Å². The smallest absolute Gasteiger partial charge is 0.408 e. The van der Waals surface area contributed by atoms with Gasteiger partial charge in [0, 0.05) is 12.1 Å². The Hall–Kier alpha value is -2.24. The Bertz CT molecular complexity index is 523. The molecule has 0 fully saturated rings. The third-order valence-electron chi connectivity index (χ3n) is 2.74. The number of anilines is 1. The van der Waals surface area contributed by atoms with Gasteiger partial charge in [0.2, 0.25) is 0 Å². The first-order chi connectivity index (χ1) is 10.2. The van der Waals surface area contributed by atoms with Crippen LogP contribution >= 0.6 is 0 Å². The van der Waals surface area contributed by atoms with Gasteiger partial charge in [0.25, 0.3) is 0 Å². The van der Waals surface area contributed by atoms with E-state index in [1.165, 1.54) is 0 Å². The number of alkyl carbamates (subject to hydrolysis) is 1. The second-order valence-electron chi connectivity index (χ2n) is 5.85. The minimum Gasteiger partial charge on any atom is -0.464 e. The molecule has 1 amide bonds. The van der Waals surface area contributed by atoms with Crippen LogP contribution in [0.3, 0.4) is 0 Å². The number of nitrogens with one attached hydrogen (secondary N) is 1. The summed E-state index contributed by atoms with van der Waals surface area (Å²) in [6.45, 7) is 7.19. The predicted octanol–water partition coefficient (Wildman–Crippen LogP) is 2.27. The Balaban J connectivity index is 2.83. The lowest BCUT2D eigenvalue weighted by Gasteiger charge is -2.23. The first kappa shape index (κ1) is 17.8. The number of amides is 1. The number of nitrogen functional groups attached to an aromatic ring is 1. The molecule has 6 heteroatoms. The maximum Gasteiger partial charge on any atom is 0.408 e. The second-order valence-corrected chi connectivity index (χ2v) is 5.85. The van der Waals surface area contributed by atoms with Gasteiger partial charge in [-0.2, -0.15) is 0 Å². The van der Waals surface area contributed by atoms with E-state index in [2.05, 4.69) is 5.32 Å². The zero-order chi connectivity index (χ0) is 16.8. The Morgan fingerprint density at radius 3 is 2.45 bits per heavy atom. The van der Waals surface area contributed by atoms with E-state index in [-0.39, 0.29) is 13.0 Å². The van der Waals surface area contributed by atoms with Gasteiger partial charge >= 0.3 is 12.1 Å². The van der Waals surface area contributed by atoms with Gasteiger partial charge in [0.15, 0.2) is 0 Å².